The summed E-state index contributed by atoms with van der Waals surface area (Å²) in [6.45, 7) is 0. The molecule has 0 radical (unpaired) electrons. The molecule has 12 rings (SSSR count). The van der Waals surface area contributed by atoms with Crippen LogP contribution in [0.5, 0.6) is 0 Å². The normalized spacial score (nSPS) is 12.4. The molecule has 12 aromatic rings. The number of aryl methyl sites for hydroxylation is 2. The molecular formula is C48H30N2S2. The maximum atomic E-state index is 2.44. The van der Waals surface area contributed by atoms with Gasteiger partial charge in [0, 0.05) is 87.0 Å². The van der Waals surface area contributed by atoms with Crippen LogP contribution in [0.3, 0.4) is 0 Å². The lowest BCUT2D eigenvalue weighted by molar-refractivity contribution is 0.987. The Morgan fingerprint density at radius 2 is 0.692 bits per heavy atom. The SMILES string of the molecule is Cn1c2cc(-c3ccc4sc5ccccc5c4c3)ccc2c2c3ccccc3c3c4ccc(-c5ccc6sc7ccccc7c6c5)cc4n(C)c3c21. The van der Waals surface area contributed by atoms with Gasteiger partial charge in [-0.25, -0.2) is 0 Å². The maximum Gasteiger partial charge on any atom is 0.0742 e. The van der Waals surface area contributed by atoms with Gasteiger partial charge in [-0.1, -0.05) is 97.1 Å². The summed E-state index contributed by atoms with van der Waals surface area (Å²) in [6.07, 6.45) is 0. The third-order valence-corrected chi connectivity index (χ3v) is 13.8. The van der Waals surface area contributed by atoms with Gasteiger partial charge in [-0.15, -0.1) is 22.7 Å². The van der Waals surface area contributed by atoms with E-state index in [4.69, 9.17) is 0 Å². The topological polar surface area (TPSA) is 9.86 Å². The van der Waals surface area contributed by atoms with Gasteiger partial charge in [0.1, 0.15) is 0 Å². The summed E-state index contributed by atoms with van der Waals surface area (Å²) in [7, 11) is 4.50. The molecule has 0 fully saturated rings. The number of thiophene rings is 2. The molecule has 0 N–H and O–H groups in total. The molecule has 0 aliphatic carbocycles. The van der Waals surface area contributed by atoms with E-state index in [1.54, 1.807) is 0 Å². The quantitative estimate of drug-likeness (QED) is 0.170. The highest BCUT2D eigenvalue weighted by atomic mass is 32.1. The molecule has 0 aliphatic rings. The van der Waals surface area contributed by atoms with Crippen molar-refractivity contribution in [3.05, 3.63) is 146 Å². The van der Waals surface area contributed by atoms with Crippen LogP contribution in [0.4, 0.5) is 0 Å². The third-order valence-electron chi connectivity index (χ3n) is 11.5. The predicted molar refractivity (Wildman–Crippen MR) is 229 cm³/mol. The lowest BCUT2D eigenvalue weighted by Gasteiger charge is -2.08. The van der Waals surface area contributed by atoms with Crippen LogP contribution in [0, 0.1) is 0 Å². The molecule has 2 nitrogen and oxygen atoms in total. The van der Waals surface area contributed by atoms with E-state index in [-0.39, 0.29) is 0 Å². The van der Waals surface area contributed by atoms with Gasteiger partial charge in [-0.2, -0.15) is 0 Å². The summed E-state index contributed by atoms with van der Waals surface area (Å²) < 4.78 is 10.2. The molecule has 244 valence electrons. The fourth-order valence-corrected chi connectivity index (χ4v) is 11.2. The average molecular weight is 699 g/mol. The van der Waals surface area contributed by atoms with E-state index in [1.165, 1.54) is 117 Å². The Bertz CT molecular complexity index is 3260. The largest absolute Gasteiger partial charge is 0.342 e. The van der Waals surface area contributed by atoms with Crippen LogP contribution < -0.4 is 0 Å². The number of aromatic nitrogens is 2. The molecule has 4 heterocycles. The van der Waals surface area contributed by atoms with E-state index in [0.29, 0.717) is 0 Å². The summed E-state index contributed by atoms with van der Waals surface area (Å²) in [5.74, 6) is 0. The summed E-state index contributed by atoms with van der Waals surface area (Å²) >= 11 is 3.75. The smallest absolute Gasteiger partial charge is 0.0742 e. The molecule has 4 aromatic heterocycles. The van der Waals surface area contributed by atoms with E-state index in [0.717, 1.165) is 0 Å². The molecule has 0 atom stereocenters. The van der Waals surface area contributed by atoms with Gasteiger partial charge in [0.05, 0.1) is 11.0 Å². The Hall–Kier alpha value is -5.94. The number of rotatable bonds is 2. The van der Waals surface area contributed by atoms with E-state index >= 15 is 0 Å². The van der Waals surface area contributed by atoms with Crippen molar-refractivity contribution >= 4 is 117 Å². The maximum absolute atomic E-state index is 2.44. The molecule has 0 saturated carbocycles. The van der Waals surface area contributed by atoms with Crippen LogP contribution in [-0.2, 0) is 14.1 Å². The molecular weight excluding hydrogens is 669 g/mol. The Morgan fingerprint density at radius 3 is 1.15 bits per heavy atom. The lowest BCUT2D eigenvalue weighted by Crippen LogP contribution is -1.93. The number of nitrogens with zero attached hydrogens (tertiary/aromatic N) is 2. The number of hydrogen-bond acceptors (Lipinski definition) is 2. The predicted octanol–water partition coefficient (Wildman–Crippen LogP) is 14.2. The molecule has 0 aliphatic heterocycles. The summed E-state index contributed by atoms with van der Waals surface area (Å²) in [4.78, 5) is 0. The van der Waals surface area contributed by atoms with Crippen molar-refractivity contribution in [3.8, 4) is 22.3 Å². The van der Waals surface area contributed by atoms with Gasteiger partial charge >= 0.3 is 0 Å². The van der Waals surface area contributed by atoms with Gasteiger partial charge in [0.25, 0.3) is 0 Å². The van der Waals surface area contributed by atoms with Gasteiger partial charge in [-0.05, 0) is 81.6 Å². The number of benzene rings is 8. The fourth-order valence-electron chi connectivity index (χ4n) is 9.06. The van der Waals surface area contributed by atoms with Crippen LogP contribution in [0.2, 0.25) is 0 Å². The summed E-state index contributed by atoms with van der Waals surface area (Å²) in [5.41, 5.74) is 10.1. The van der Waals surface area contributed by atoms with Crippen molar-refractivity contribution in [2.45, 2.75) is 0 Å². The van der Waals surface area contributed by atoms with Gasteiger partial charge < -0.3 is 9.13 Å². The van der Waals surface area contributed by atoms with Crippen molar-refractivity contribution in [2.75, 3.05) is 0 Å². The Morgan fingerprint density at radius 1 is 0.327 bits per heavy atom. The third kappa shape index (κ3) is 3.78. The molecule has 0 amide bonds. The summed E-state index contributed by atoms with van der Waals surface area (Å²) in [6, 6.07) is 54.6. The van der Waals surface area contributed by atoms with Crippen LogP contribution in [-0.4, -0.2) is 9.13 Å². The van der Waals surface area contributed by atoms with Crippen molar-refractivity contribution < 1.29 is 0 Å². The lowest BCUT2D eigenvalue weighted by atomic mass is 9.96. The van der Waals surface area contributed by atoms with Gasteiger partial charge in [0.2, 0.25) is 0 Å². The van der Waals surface area contributed by atoms with Gasteiger partial charge in [0.15, 0.2) is 0 Å². The minimum Gasteiger partial charge on any atom is -0.342 e. The molecule has 0 bridgehead atoms. The first-order valence-electron chi connectivity index (χ1n) is 17.8. The number of fused-ring (bicyclic) bond motifs is 16. The standard InChI is InChI=1S/C48H30N2S2/c1-49-39-25-29(27-17-21-43-37(23-27)31-9-5-7-13-41(31)51-43)15-19-35(39)45-33-11-3-4-12-34(33)46-36-20-16-30(26-40(36)50(2)48(46)47(45)49)28-18-22-44-38(24-28)32-10-6-8-14-42(32)52-44/h3-26H,1-2H3. The first kappa shape index (κ1) is 28.7. The first-order valence-corrected chi connectivity index (χ1v) is 19.4. The van der Waals surface area contributed by atoms with Crippen LogP contribution >= 0.6 is 22.7 Å². The van der Waals surface area contributed by atoms with Crippen molar-refractivity contribution in [1.82, 2.24) is 9.13 Å². The van der Waals surface area contributed by atoms with Crippen LogP contribution in [0.1, 0.15) is 0 Å². The highest BCUT2D eigenvalue weighted by Gasteiger charge is 2.22. The minimum atomic E-state index is 1.24. The molecule has 0 spiro atoms. The molecule has 0 saturated heterocycles. The molecule has 0 unspecified atom stereocenters. The Kier molecular flexibility index (Phi) is 5.70. The van der Waals surface area contributed by atoms with Crippen LogP contribution in [0.15, 0.2) is 146 Å². The molecule has 8 aromatic carbocycles. The molecule has 52 heavy (non-hydrogen) atoms. The zero-order chi connectivity index (χ0) is 34.2. The second kappa shape index (κ2) is 10.3. The first-order chi connectivity index (χ1) is 25.6. The second-order valence-corrected chi connectivity index (χ2v) is 16.4. The highest BCUT2D eigenvalue weighted by molar-refractivity contribution is 7.26. The minimum absolute atomic E-state index is 1.24. The van der Waals surface area contributed by atoms with E-state index in [1.807, 2.05) is 22.7 Å². The van der Waals surface area contributed by atoms with Crippen LogP contribution in [0.25, 0.3) is 117 Å². The number of hydrogen-bond donors (Lipinski definition) is 0. The summed E-state index contributed by atoms with van der Waals surface area (Å²) in [5, 5.41) is 13.2. The Balaban J connectivity index is 1.10. The average Bonchev–Trinajstić information content (AvgIpc) is 3.92. The van der Waals surface area contributed by atoms with E-state index in [2.05, 4.69) is 169 Å². The highest BCUT2D eigenvalue weighted by Crippen LogP contribution is 2.46. The second-order valence-electron chi connectivity index (χ2n) is 14.2. The van der Waals surface area contributed by atoms with Crippen molar-refractivity contribution in [1.29, 1.82) is 0 Å². The van der Waals surface area contributed by atoms with E-state index in [9.17, 15) is 0 Å². The van der Waals surface area contributed by atoms with Crippen molar-refractivity contribution in [2.24, 2.45) is 14.1 Å². The molecule has 4 heteroatoms. The Labute approximate surface area is 307 Å². The van der Waals surface area contributed by atoms with E-state index < -0.39 is 0 Å². The fraction of sp³-hybridized carbons (Fsp3) is 0.0417. The monoisotopic (exact) mass is 698 g/mol. The van der Waals surface area contributed by atoms with Crippen molar-refractivity contribution in [3.63, 3.8) is 0 Å². The van der Waals surface area contributed by atoms with Gasteiger partial charge in [-0.3, -0.25) is 0 Å². The zero-order valence-corrected chi connectivity index (χ0v) is 30.2. The zero-order valence-electron chi connectivity index (χ0n) is 28.6.